The lowest BCUT2D eigenvalue weighted by Gasteiger charge is -2.26. The van der Waals surface area contributed by atoms with Crippen molar-refractivity contribution in [2.75, 3.05) is 34.2 Å². The van der Waals surface area contributed by atoms with Crippen LogP contribution in [-0.2, 0) is 0 Å². The van der Waals surface area contributed by atoms with E-state index >= 15 is 0 Å². The fraction of sp³-hybridized carbons (Fsp3) is 0.588. The van der Waals surface area contributed by atoms with E-state index in [1.54, 1.807) is 7.05 Å². The smallest absolute Gasteiger partial charge is 0.191 e. The second-order valence-corrected chi connectivity index (χ2v) is 6.09. The number of aliphatic imine (C=N–C) groups is 1. The molecule has 22 heavy (non-hydrogen) atoms. The second kappa shape index (κ2) is 9.41. The topological polar surface area (TPSA) is 39.7 Å². The van der Waals surface area contributed by atoms with E-state index in [9.17, 15) is 4.39 Å². The van der Waals surface area contributed by atoms with Gasteiger partial charge >= 0.3 is 0 Å². The van der Waals surface area contributed by atoms with Crippen LogP contribution in [0.4, 0.5) is 4.39 Å². The number of hydrogen-bond acceptors (Lipinski definition) is 2. The van der Waals surface area contributed by atoms with E-state index in [1.165, 1.54) is 12.1 Å². The lowest BCUT2D eigenvalue weighted by Crippen LogP contribution is -2.42. The van der Waals surface area contributed by atoms with E-state index in [0.717, 1.165) is 24.5 Å². The molecule has 1 aromatic carbocycles. The van der Waals surface area contributed by atoms with Gasteiger partial charge < -0.3 is 15.5 Å². The molecule has 0 aliphatic heterocycles. The highest BCUT2D eigenvalue weighted by atomic mass is 19.1. The van der Waals surface area contributed by atoms with Gasteiger partial charge in [-0.15, -0.1) is 0 Å². The summed E-state index contributed by atoms with van der Waals surface area (Å²) < 4.78 is 13.1. The van der Waals surface area contributed by atoms with Crippen LogP contribution in [-0.4, -0.2) is 45.1 Å². The summed E-state index contributed by atoms with van der Waals surface area (Å²) in [7, 11) is 5.81. The van der Waals surface area contributed by atoms with Crippen LogP contribution >= 0.6 is 0 Å². The van der Waals surface area contributed by atoms with Gasteiger partial charge in [0.25, 0.3) is 0 Å². The molecule has 0 aliphatic carbocycles. The molecule has 1 atom stereocenters. The Balaban J connectivity index is 2.58. The van der Waals surface area contributed by atoms with Crippen molar-refractivity contribution in [1.82, 2.24) is 15.5 Å². The SMILES string of the molecule is CN=C(NCCC(C)C)NCC(c1ccc(F)cc1)N(C)C. The third-order valence-electron chi connectivity index (χ3n) is 3.58. The average Bonchev–Trinajstić information content (AvgIpc) is 2.46. The van der Waals surface area contributed by atoms with Crippen molar-refractivity contribution in [2.45, 2.75) is 26.3 Å². The number of guanidine groups is 1. The minimum atomic E-state index is -0.208. The van der Waals surface area contributed by atoms with Crippen LogP contribution in [0.3, 0.4) is 0 Å². The van der Waals surface area contributed by atoms with Crippen molar-refractivity contribution < 1.29 is 4.39 Å². The second-order valence-electron chi connectivity index (χ2n) is 6.09. The van der Waals surface area contributed by atoms with Crippen molar-refractivity contribution in [3.63, 3.8) is 0 Å². The molecule has 0 heterocycles. The van der Waals surface area contributed by atoms with Gasteiger partial charge in [0.15, 0.2) is 5.96 Å². The summed E-state index contributed by atoms with van der Waals surface area (Å²) in [6, 6.07) is 6.82. The molecule has 0 amide bonds. The zero-order valence-electron chi connectivity index (χ0n) is 14.4. The van der Waals surface area contributed by atoms with Gasteiger partial charge in [0, 0.05) is 20.1 Å². The lowest BCUT2D eigenvalue weighted by atomic mass is 10.1. The Labute approximate surface area is 133 Å². The Morgan fingerprint density at radius 1 is 1.18 bits per heavy atom. The van der Waals surface area contributed by atoms with Crippen LogP contribution in [0.2, 0.25) is 0 Å². The minimum absolute atomic E-state index is 0.157. The van der Waals surface area contributed by atoms with Crippen LogP contribution < -0.4 is 10.6 Å². The Kier molecular flexibility index (Phi) is 7.88. The number of likely N-dealkylation sites (N-methyl/N-ethyl adjacent to an activating group) is 1. The van der Waals surface area contributed by atoms with Gasteiger partial charge in [0.1, 0.15) is 5.82 Å². The zero-order chi connectivity index (χ0) is 16.5. The summed E-state index contributed by atoms with van der Waals surface area (Å²) in [5.41, 5.74) is 1.08. The summed E-state index contributed by atoms with van der Waals surface area (Å²) in [6.45, 7) is 6.02. The Hall–Kier alpha value is -1.62. The normalized spacial score (nSPS) is 13.5. The van der Waals surface area contributed by atoms with Crippen molar-refractivity contribution in [2.24, 2.45) is 10.9 Å². The van der Waals surface area contributed by atoms with E-state index in [-0.39, 0.29) is 11.9 Å². The zero-order valence-corrected chi connectivity index (χ0v) is 14.4. The van der Waals surface area contributed by atoms with Crippen LogP contribution in [0.25, 0.3) is 0 Å². The molecule has 0 saturated heterocycles. The van der Waals surface area contributed by atoms with Gasteiger partial charge in [0.2, 0.25) is 0 Å². The maximum atomic E-state index is 13.1. The molecule has 2 N–H and O–H groups in total. The highest BCUT2D eigenvalue weighted by Crippen LogP contribution is 2.17. The summed E-state index contributed by atoms with van der Waals surface area (Å²) in [5, 5.41) is 6.66. The maximum Gasteiger partial charge on any atom is 0.191 e. The summed E-state index contributed by atoms with van der Waals surface area (Å²) in [6.07, 6.45) is 1.11. The quantitative estimate of drug-likeness (QED) is 0.601. The Bertz CT molecular complexity index is 454. The number of rotatable bonds is 7. The fourth-order valence-corrected chi connectivity index (χ4v) is 2.18. The van der Waals surface area contributed by atoms with Crippen LogP contribution in [0.15, 0.2) is 29.3 Å². The monoisotopic (exact) mass is 308 g/mol. The molecule has 0 bridgehead atoms. The van der Waals surface area contributed by atoms with Crippen LogP contribution in [0.5, 0.6) is 0 Å². The molecule has 1 aromatic rings. The summed E-state index contributed by atoms with van der Waals surface area (Å²) in [4.78, 5) is 6.35. The summed E-state index contributed by atoms with van der Waals surface area (Å²) >= 11 is 0. The number of nitrogens with zero attached hydrogens (tertiary/aromatic N) is 2. The van der Waals surface area contributed by atoms with Crippen LogP contribution in [0.1, 0.15) is 31.9 Å². The number of halogens is 1. The molecule has 0 fully saturated rings. The molecule has 124 valence electrons. The molecule has 4 nitrogen and oxygen atoms in total. The first-order chi connectivity index (χ1) is 10.4. The van der Waals surface area contributed by atoms with E-state index in [2.05, 4.69) is 34.4 Å². The maximum absolute atomic E-state index is 13.1. The molecule has 0 saturated carbocycles. The largest absolute Gasteiger partial charge is 0.356 e. The standard InChI is InChI=1S/C17H29FN4/c1-13(2)10-11-20-17(19-3)21-12-16(22(4)5)14-6-8-15(18)9-7-14/h6-9,13,16H,10-12H2,1-5H3,(H2,19,20,21). The predicted octanol–water partition coefficient (Wildman–Crippen LogP) is 2.64. The number of benzene rings is 1. The summed E-state index contributed by atoms with van der Waals surface area (Å²) in [5.74, 6) is 1.26. The highest BCUT2D eigenvalue weighted by molar-refractivity contribution is 5.79. The van der Waals surface area contributed by atoms with Crippen molar-refractivity contribution in [3.05, 3.63) is 35.6 Å². The Morgan fingerprint density at radius 3 is 2.32 bits per heavy atom. The molecule has 5 heteroatoms. The lowest BCUT2D eigenvalue weighted by molar-refractivity contribution is 0.298. The van der Waals surface area contributed by atoms with E-state index < -0.39 is 0 Å². The molecular formula is C17H29FN4. The third-order valence-corrected chi connectivity index (χ3v) is 3.58. The van der Waals surface area contributed by atoms with Gasteiger partial charge in [-0.25, -0.2) is 4.39 Å². The van der Waals surface area contributed by atoms with E-state index in [1.807, 2.05) is 26.2 Å². The number of nitrogens with one attached hydrogen (secondary N) is 2. The number of hydrogen-bond donors (Lipinski definition) is 2. The molecule has 0 aromatic heterocycles. The molecular weight excluding hydrogens is 279 g/mol. The van der Waals surface area contributed by atoms with E-state index in [0.29, 0.717) is 12.5 Å². The van der Waals surface area contributed by atoms with Gasteiger partial charge in [-0.1, -0.05) is 26.0 Å². The third kappa shape index (κ3) is 6.43. The predicted molar refractivity (Wildman–Crippen MR) is 91.6 cm³/mol. The molecule has 0 aliphatic rings. The molecule has 0 spiro atoms. The van der Waals surface area contributed by atoms with Crippen molar-refractivity contribution in [3.8, 4) is 0 Å². The van der Waals surface area contributed by atoms with Gasteiger partial charge in [0.05, 0.1) is 6.04 Å². The fourth-order valence-electron chi connectivity index (χ4n) is 2.18. The molecule has 1 rings (SSSR count). The first-order valence-corrected chi connectivity index (χ1v) is 7.80. The Morgan fingerprint density at radius 2 is 1.82 bits per heavy atom. The average molecular weight is 308 g/mol. The van der Waals surface area contributed by atoms with E-state index in [4.69, 9.17) is 0 Å². The van der Waals surface area contributed by atoms with Gasteiger partial charge in [-0.3, -0.25) is 4.99 Å². The van der Waals surface area contributed by atoms with Crippen molar-refractivity contribution in [1.29, 1.82) is 0 Å². The van der Waals surface area contributed by atoms with Gasteiger partial charge in [-0.2, -0.15) is 0 Å². The van der Waals surface area contributed by atoms with Crippen LogP contribution in [0, 0.1) is 11.7 Å². The van der Waals surface area contributed by atoms with Crippen molar-refractivity contribution >= 4 is 5.96 Å². The minimum Gasteiger partial charge on any atom is -0.356 e. The first kappa shape index (κ1) is 18.4. The molecule has 1 unspecified atom stereocenters. The van der Waals surface area contributed by atoms with Gasteiger partial charge in [-0.05, 0) is 44.1 Å². The highest BCUT2D eigenvalue weighted by Gasteiger charge is 2.14. The first-order valence-electron chi connectivity index (χ1n) is 7.80. The molecule has 0 radical (unpaired) electrons.